The van der Waals surface area contributed by atoms with Crippen molar-refractivity contribution in [1.29, 1.82) is 0 Å². The van der Waals surface area contributed by atoms with E-state index in [4.69, 9.17) is 9.15 Å². The molecule has 8 nitrogen and oxygen atoms in total. The molecule has 3 aromatic rings. The number of nitrogens with one attached hydrogen (secondary N) is 2. The number of hydrogen-bond acceptors (Lipinski definition) is 5. The Bertz CT molecular complexity index is 1080. The van der Waals surface area contributed by atoms with Crippen molar-refractivity contribution in [2.24, 2.45) is 0 Å². The number of furan rings is 1. The molecule has 1 aliphatic heterocycles. The molecule has 1 atom stereocenters. The predicted molar refractivity (Wildman–Crippen MR) is 111 cm³/mol. The molecule has 2 N–H and O–H groups in total. The standard InChI is InChI=1S/C22H19N3O5/c1-14-22(28)25(13-20(26)23-15-6-3-2-4-7-15)17-12-16(9-10-18(17)30-14)24-21(27)19-8-5-11-29-19/h2-12,14H,13H2,1H3,(H,23,26)(H,24,27). The molecule has 2 aromatic carbocycles. The lowest BCUT2D eigenvalue weighted by atomic mass is 10.1. The molecule has 0 saturated heterocycles. The second-order valence-electron chi connectivity index (χ2n) is 6.71. The second-order valence-corrected chi connectivity index (χ2v) is 6.71. The number of fused-ring (bicyclic) bond motifs is 1. The van der Waals surface area contributed by atoms with Gasteiger partial charge in [0.1, 0.15) is 12.3 Å². The van der Waals surface area contributed by atoms with Crippen LogP contribution in [0.3, 0.4) is 0 Å². The van der Waals surface area contributed by atoms with Gasteiger partial charge >= 0.3 is 0 Å². The predicted octanol–water partition coefficient (Wildman–Crippen LogP) is 3.28. The van der Waals surface area contributed by atoms with E-state index >= 15 is 0 Å². The third kappa shape index (κ3) is 4.02. The van der Waals surface area contributed by atoms with Crippen molar-refractivity contribution < 1.29 is 23.5 Å². The van der Waals surface area contributed by atoms with Crippen molar-refractivity contribution >= 4 is 34.8 Å². The number of carbonyl (C=O) groups excluding carboxylic acids is 3. The van der Waals surface area contributed by atoms with Crippen LogP contribution in [0.2, 0.25) is 0 Å². The van der Waals surface area contributed by atoms with E-state index in [1.807, 2.05) is 6.07 Å². The molecular formula is C22H19N3O5. The summed E-state index contributed by atoms with van der Waals surface area (Å²) in [5, 5.41) is 5.47. The Morgan fingerprint density at radius 2 is 1.80 bits per heavy atom. The average molecular weight is 405 g/mol. The number of carbonyl (C=O) groups is 3. The largest absolute Gasteiger partial charge is 0.479 e. The van der Waals surface area contributed by atoms with Crippen LogP contribution in [0.5, 0.6) is 5.75 Å². The summed E-state index contributed by atoms with van der Waals surface area (Å²) in [6.07, 6.45) is 0.675. The van der Waals surface area contributed by atoms with Gasteiger partial charge in [0.2, 0.25) is 5.91 Å². The van der Waals surface area contributed by atoms with Crippen LogP contribution in [-0.2, 0) is 9.59 Å². The number of para-hydroxylation sites is 1. The first-order valence-electron chi connectivity index (χ1n) is 9.33. The summed E-state index contributed by atoms with van der Waals surface area (Å²) in [4.78, 5) is 38.8. The topological polar surface area (TPSA) is 101 Å². The van der Waals surface area contributed by atoms with Crippen LogP contribution in [0.4, 0.5) is 17.1 Å². The highest BCUT2D eigenvalue weighted by Crippen LogP contribution is 2.36. The highest BCUT2D eigenvalue weighted by Gasteiger charge is 2.33. The van der Waals surface area contributed by atoms with Gasteiger partial charge in [0.05, 0.1) is 12.0 Å². The first-order chi connectivity index (χ1) is 14.5. The Hall–Kier alpha value is -4.07. The van der Waals surface area contributed by atoms with Crippen LogP contribution in [0, 0.1) is 0 Å². The van der Waals surface area contributed by atoms with E-state index < -0.39 is 12.0 Å². The molecule has 3 amide bonds. The van der Waals surface area contributed by atoms with Gasteiger partial charge in [0.25, 0.3) is 11.8 Å². The number of nitrogens with zero attached hydrogens (tertiary/aromatic N) is 1. The van der Waals surface area contributed by atoms with Crippen LogP contribution in [0.25, 0.3) is 0 Å². The molecule has 1 unspecified atom stereocenters. The van der Waals surface area contributed by atoms with Gasteiger partial charge in [0.15, 0.2) is 11.9 Å². The molecule has 4 rings (SSSR count). The zero-order valence-corrected chi connectivity index (χ0v) is 16.1. The first kappa shape index (κ1) is 19.3. The smallest absolute Gasteiger partial charge is 0.291 e. The fourth-order valence-electron chi connectivity index (χ4n) is 3.11. The lowest BCUT2D eigenvalue weighted by Gasteiger charge is -2.32. The minimum Gasteiger partial charge on any atom is -0.479 e. The zero-order chi connectivity index (χ0) is 21.1. The van der Waals surface area contributed by atoms with Gasteiger partial charge < -0.3 is 19.8 Å². The molecule has 0 bridgehead atoms. The third-order valence-electron chi connectivity index (χ3n) is 4.53. The molecule has 1 aliphatic rings. The number of hydrogen-bond donors (Lipinski definition) is 2. The van der Waals surface area contributed by atoms with Crippen molar-refractivity contribution in [2.45, 2.75) is 13.0 Å². The molecule has 0 saturated carbocycles. The molecule has 30 heavy (non-hydrogen) atoms. The van der Waals surface area contributed by atoms with Crippen molar-refractivity contribution in [3.8, 4) is 5.75 Å². The normalized spacial score (nSPS) is 15.2. The second kappa shape index (κ2) is 8.12. The Balaban J connectivity index is 1.56. The summed E-state index contributed by atoms with van der Waals surface area (Å²) in [7, 11) is 0. The van der Waals surface area contributed by atoms with Gasteiger partial charge in [-0.3, -0.25) is 19.3 Å². The van der Waals surface area contributed by atoms with Crippen LogP contribution in [0.15, 0.2) is 71.3 Å². The summed E-state index contributed by atoms with van der Waals surface area (Å²) in [6, 6.07) is 17.0. The van der Waals surface area contributed by atoms with Gasteiger partial charge in [-0.15, -0.1) is 0 Å². The van der Waals surface area contributed by atoms with Crippen molar-refractivity contribution in [3.05, 3.63) is 72.7 Å². The fraction of sp³-hybridized carbons (Fsp3) is 0.136. The van der Waals surface area contributed by atoms with Gasteiger partial charge in [-0.25, -0.2) is 0 Å². The molecule has 0 aliphatic carbocycles. The summed E-state index contributed by atoms with van der Waals surface area (Å²) < 4.78 is 10.7. The quantitative estimate of drug-likeness (QED) is 0.678. The highest BCUT2D eigenvalue weighted by atomic mass is 16.5. The van der Waals surface area contributed by atoms with E-state index in [0.717, 1.165) is 0 Å². The number of ether oxygens (including phenoxy) is 1. The Morgan fingerprint density at radius 1 is 1.00 bits per heavy atom. The maximum Gasteiger partial charge on any atom is 0.291 e. The lowest BCUT2D eigenvalue weighted by Crippen LogP contribution is -2.47. The first-order valence-corrected chi connectivity index (χ1v) is 9.33. The summed E-state index contributed by atoms with van der Waals surface area (Å²) in [5.74, 6) is -0.511. The van der Waals surface area contributed by atoms with E-state index in [0.29, 0.717) is 22.8 Å². The molecule has 0 fully saturated rings. The minimum atomic E-state index is -0.731. The molecule has 152 valence electrons. The van der Waals surface area contributed by atoms with Crippen molar-refractivity contribution in [3.63, 3.8) is 0 Å². The monoisotopic (exact) mass is 405 g/mol. The Kier molecular flexibility index (Phi) is 5.21. The molecule has 0 radical (unpaired) electrons. The minimum absolute atomic E-state index is 0.160. The van der Waals surface area contributed by atoms with Crippen LogP contribution < -0.4 is 20.3 Å². The summed E-state index contributed by atoms with van der Waals surface area (Å²) in [6.45, 7) is 1.43. The van der Waals surface area contributed by atoms with Crippen LogP contribution >= 0.6 is 0 Å². The van der Waals surface area contributed by atoms with E-state index in [1.54, 1.807) is 61.5 Å². The maximum atomic E-state index is 12.7. The van der Waals surface area contributed by atoms with Gasteiger partial charge in [-0.05, 0) is 49.4 Å². The molecule has 2 heterocycles. The lowest BCUT2D eigenvalue weighted by molar-refractivity contribution is -0.127. The van der Waals surface area contributed by atoms with Gasteiger partial charge in [0, 0.05) is 11.4 Å². The average Bonchev–Trinajstić information content (AvgIpc) is 3.28. The molecular weight excluding hydrogens is 386 g/mol. The summed E-state index contributed by atoms with van der Waals surface area (Å²) in [5.41, 5.74) is 1.48. The van der Waals surface area contributed by atoms with Gasteiger partial charge in [-0.2, -0.15) is 0 Å². The van der Waals surface area contributed by atoms with Crippen LogP contribution in [-0.4, -0.2) is 30.4 Å². The molecule has 8 heteroatoms. The van der Waals surface area contributed by atoms with Crippen molar-refractivity contribution in [1.82, 2.24) is 0 Å². The SMILES string of the molecule is CC1Oc2ccc(NC(=O)c3ccco3)cc2N(CC(=O)Nc2ccccc2)C1=O. The van der Waals surface area contributed by atoms with E-state index in [9.17, 15) is 14.4 Å². The number of anilines is 3. The number of benzene rings is 2. The van der Waals surface area contributed by atoms with Gasteiger partial charge in [-0.1, -0.05) is 18.2 Å². The molecule has 1 aromatic heterocycles. The highest BCUT2D eigenvalue weighted by molar-refractivity contribution is 6.07. The van der Waals surface area contributed by atoms with E-state index in [-0.39, 0.29) is 24.1 Å². The van der Waals surface area contributed by atoms with Crippen LogP contribution in [0.1, 0.15) is 17.5 Å². The fourth-order valence-corrected chi connectivity index (χ4v) is 3.11. The maximum absolute atomic E-state index is 12.7. The third-order valence-corrected chi connectivity index (χ3v) is 4.53. The number of rotatable bonds is 5. The zero-order valence-electron chi connectivity index (χ0n) is 16.1. The molecule has 0 spiro atoms. The Labute approximate surface area is 172 Å². The Morgan fingerprint density at radius 3 is 2.53 bits per heavy atom. The van der Waals surface area contributed by atoms with E-state index in [2.05, 4.69) is 10.6 Å². The number of amides is 3. The van der Waals surface area contributed by atoms with E-state index in [1.165, 1.54) is 11.2 Å². The van der Waals surface area contributed by atoms with Crippen molar-refractivity contribution in [2.75, 3.05) is 22.1 Å². The summed E-state index contributed by atoms with van der Waals surface area (Å²) >= 11 is 0.